The number of carbonyl (C=O) groups excluding carboxylic acids is 1. The standard InChI is InChI=1S/C18H17ClFNO3/c1-3-4-12-5-8-16(17(9-12)23-2)24-11-18(22)21-15-7-6-13(20)10-14(15)19/h3-10H,11H2,1-2H3,(H,21,22)/b4-3+. The van der Waals surface area contributed by atoms with E-state index in [1.165, 1.54) is 19.2 Å². The zero-order chi connectivity index (χ0) is 17.5. The topological polar surface area (TPSA) is 47.6 Å². The van der Waals surface area contributed by atoms with Gasteiger partial charge in [-0.2, -0.15) is 0 Å². The Hall–Kier alpha value is -2.53. The minimum Gasteiger partial charge on any atom is -0.493 e. The van der Waals surface area contributed by atoms with E-state index in [1.54, 1.807) is 6.07 Å². The van der Waals surface area contributed by atoms with E-state index in [9.17, 15) is 9.18 Å². The van der Waals surface area contributed by atoms with Gasteiger partial charge in [0, 0.05) is 0 Å². The van der Waals surface area contributed by atoms with Gasteiger partial charge in [-0.1, -0.05) is 29.8 Å². The maximum Gasteiger partial charge on any atom is 0.262 e. The predicted octanol–water partition coefficient (Wildman–Crippen LogP) is 4.54. The van der Waals surface area contributed by atoms with Crippen LogP contribution in [-0.2, 0) is 4.79 Å². The highest BCUT2D eigenvalue weighted by molar-refractivity contribution is 6.33. The van der Waals surface area contributed by atoms with Crippen molar-refractivity contribution in [1.82, 2.24) is 0 Å². The van der Waals surface area contributed by atoms with Crippen molar-refractivity contribution in [3.63, 3.8) is 0 Å². The molecule has 2 rings (SSSR count). The van der Waals surface area contributed by atoms with Crippen molar-refractivity contribution in [3.8, 4) is 11.5 Å². The molecule has 4 nitrogen and oxygen atoms in total. The molecule has 0 aliphatic carbocycles. The average Bonchev–Trinajstić information content (AvgIpc) is 2.56. The molecule has 0 unspecified atom stereocenters. The normalized spacial score (nSPS) is 10.7. The number of hydrogen-bond donors (Lipinski definition) is 1. The van der Waals surface area contributed by atoms with Crippen molar-refractivity contribution in [3.05, 3.63) is 58.9 Å². The van der Waals surface area contributed by atoms with Crippen LogP contribution in [0, 0.1) is 5.82 Å². The highest BCUT2D eigenvalue weighted by atomic mass is 35.5. The van der Waals surface area contributed by atoms with Crippen LogP contribution in [0.2, 0.25) is 5.02 Å². The number of amides is 1. The Morgan fingerprint density at radius 3 is 2.71 bits per heavy atom. The van der Waals surface area contributed by atoms with Gasteiger partial charge in [0.15, 0.2) is 18.1 Å². The molecule has 0 saturated carbocycles. The van der Waals surface area contributed by atoms with Crippen molar-refractivity contribution in [1.29, 1.82) is 0 Å². The van der Waals surface area contributed by atoms with Crippen LogP contribution in [0.4, 0.5) is 10.1 Å². The van der Waals surface area contributed by atoms with E-state index in [0.717, 1.165) is 11.6 Å². The summed E-state index contributed by atoms with van der Waals surface area (Å²) in [5.74, 6) is 0.0904. The summed E-state index contributed by atoms with van der Waals surface area (Å²) in [4.78, 5) is 12.0. The fourth-order valence-electron chi connectivity index (χ4n) is 2.02. The van der Waals surface area contributed by atoms with Gasteiger partial charge in [0.05, 0.1) is 17.8 Å². The van der Waals surface area contributed by atoms with Crippen LogP contribution in [-0.4, -0.2) is 19.6 Å². The molecule has 0 aliphatic rings. The number of anilines is 1. The van der Waals surface area contributed by atoms with Gasteiger partial charge in [-0.3, -0.25) is 4.79 Å². The van der Waals surface area contributed by atoms with Crippen LogP contribution in [0.25, 0.3) is 6.08 Å². The fraction of sp³-hybridized carbons (Fsp3) is 0.167. The number of hydrogen-bond acceptors (Lipinski definition) is 3. The van der Waals surface area contributed by atoms with Gasteiger partial charge in [-0.05, 0) is 42.8 Å². The monoisotopic (exact) mass is 349 g/mol. The first-order valence-electron chi connectivity index (χ1n) is 7.22. The molecule has 0 radical (unpaired) electrons. The molecule has 24 heavy (non-hydrogen) atoms. The summed E-state index contributed by atoms with van der Waals surface area (Å²) in [5, 5.41) is 2.68. The Bertz CT molecular complexity index is 762. The molecular formula is C18H17ClFNO3. The van der Waals surface area contributed by atoms with Crippen LogP contribution >= 0.6 is 11.6 Å². The summed E-state index contributed by atoms with van der Waals surface area (Å²) in [6, 6.07) is 9.12. The molecule has 126 valence electrons. The summed E-state index contributed by atoms with van der Waals surface area (Å²) in [6.07, 6.45) is 3.84. The second-order valence-electron chi connectivity index (χ2n) is 4.87. The van der Waals surface area contributed by atoms with E-state index in [-0.39, 0.29) is 11.6 Å². The summed E-state index contributed by atoms with van der Waals surface area (Å²) < 4.78 is 23.7. The molecule has 2 aromatic carbocycles. The fourth-order valence-corrected chi connectivity index (χ4v) is 2.23. The van der Waals surface area contributed by atoms with Crippen LogP contribution < -0.4 is 14.8 Å². The Morgan fingerprint density at radius 1 is 1.25 bits per heavy atom. The maximum absolute atomic E-state index is 13.0. The molecule has 0 atom stereocenters. The lowest BCUT2D eigenvalue weighted by Gasteiger charge is -2.12. The molecule has 1 N–H and O–H groups in total. The van der Waals surface area contributed by atoms with Gasteiger partial charge >= 0.3 is 0 Å². The number of rotatable bonds is 6. The highest BCUT2D eigenvalue weighted by Gasteiger charge is 2.10. The molecule has 0 aromatic heterocycles. The molecule has 0 saturated heterocycles. The first kappa shape index (κ1) is 17.8. The third-order valence-corrected chi connectivity index (χ3v) is 3.42. The van der Waals surface area contributed by atoms with Gasteiger partial charge in [-0.15, -0.1) is 0 Å². The van der Waals surface area contributed by atoms with E-state index >= 15 is 0 Å². The lowest BCUT2D eigenvalue weighted by molar-refractivity contribution is -0.118. The minimum absolute atomic E-state index is 0.122. The third kappa shape index (κ3) is 4.73. The first-order valence-corrected chi connectivity index (χ1v) is 7.59. The lowest BCUT2D eigenvalue weighted by atomic mass is 10.2. The molecule has 1 amide bonds. The van der Waals surface area contributed by atoms with Gasteiger partial charge < -0.3 is 14.8 Å². The van der Waals surface area contributed by atoms with Crippen molar-refractivity contribution in [2.45, 2.75) is 6.92 Å². The number of carbonyl (C=O) groups is 1. The number of nitrogens with one attached hydrogen (secondary N) is 1. The zero-order valence-corrected chi connectivity index (χ0v) is 14.1. The second kappa shape index (κ2) is 8.36. The molecule has 0 spiro atoms. The quantitative estimate of drug-likeness (QED) is 0.833. The summed E-state index contributed by atoms with van der Waals surface area (Å²) >= 11 is 5.86. The zero-order valence-electron chi connectivity index (χ0n) is 13.3. The second-order valence-corrected chi connectivity index (χ2v) is 5.28. The minimum atomic E-state index is -0.472. The number of ether oxygens (including phenoxy) is 2. The van der Waals surface area contributed by atoms with Crippen LogP contribution in [0.5, 0.6) is 11.5 Å². The number of halogens is 2. The molecule has 0 aliphatic heterocycles. The van der Waals surface area contributed by atoms with Gasteiger partial charge in [-0.25, -0.2) is 4.39 Å². The van der Waals surface area contributed by atoms with E-state index in [0.29, 0.717) is 17.2 Å². The van der Waals surface area contributed by atoms with Crippen LogP contribution in [0.3, 0.4) is 0 Å². The van der Waals surface area contributed by atoms with E-state index in [2.05, 4.69) is 5.32 Å². The van der Waals surface area contributed by atoms with Gasteiger partial charge in [0.2, 0.25) is 0 Å². The number of allylic oxidation sites excluding steroid dienone is 1. The molecule has 6 heteroatoms. The Morgan fingerprint density at radius 2 is 2.04 bits per heavy atom. The summed E-state index contributed by atoms with van der Waals surface area (Å²) in [5.41, 5.74) is 1.28. The number of benzene rings is 2. The molecule has 0 bridgehead atoms. The average molecular weight is 350 g/mol. The largest absolute Gasteiger partial charge is 0.493 e. The third-order valence-electron chi connectivity index (χ3n) is 3.11. The molecule has 2 aromatic rings. The lowest BCUT2D eigenvalue weighted by Crippen LogP contribution is -2.20. The summed E-state index contributed by atoms with van der Waals surface area (Å²) in [7, 11) is 1.53. The van der Waals surface area contributed by atoms with E-state index < -0.39 is 11.7 Å². The first-order chi connectivity index (χ1) is 11.5. The SMILES string of the molecule is C/C=C/c1ccc(OCC(=O)Nc2ccc(F)cc2Cl)c(OC)c1. The van der Waals surface area contributed by atoms with Crippen molar-refractivity contribution < 1.29 is 18.7 Å². The summed E-state index contributed by atoms with van der Waals surface area (Å²) in [6.45, 7) is 1.69. The highest BCUT2D eigenvalue weighted by Crippen LogP contribution is 2.28. The van der Waals surface area contributed by atoms with Gasteiger partial charge in [0.1, 0.15) is 5.82 Å². The smallest absolute Gasteiger partial charge is 0.262 e. The van der Waals surface area contributed by atoms with Crippen LogP contribution in [0.1, 0.15) is 12.5 Å². The Labute approximate surface area is 144 Å². The molecule has 0 heterocycles. The predicted molar refractivity (Wildman–Crippen MR) is 93.2 cm³/mol. The van der Waals surface area contributed by atoms with Crippen LogP contribution in [0.15, 0.2) is 42.5 Å². The molecular weight excluding hydrogens is 333 g/mol. The van der Waals surface area contributed by atoms with Crippen molar-refractivity contribution in [2.24, 2.45) is 0 Å². The van der Waals surface area contributed by atoms with Gasteiger partial charge in [0.25, 0.3) is 5.91 Å². The maximum atomic E-state index is 13.0. The van der Waals surface area contributed by atoms with Crippen molar-refractivity contribution in [2.75, 3.05) is 19.0 Å². The van der Waals surface area contributed by atoms with Crippen molar-refractivity contribution >= 4 is 29.3 Å². The Balaban J connectivity index is 2.01. The van der Waals surface area contributed by atoms with E-state index in [1.807, 2.05) is 31.2 Å². The van der Waals surface area contributed by atoms with E-state index in [4.69, 9.17) is 21.1 Å². The molecule has 0 fully saturated rings. The Kier molecular flexibility index (Phi) is 6.21. The number of methoxy groups -OCH3 is 1.